The van der Waals surface area contributed by atoms with Crippen LogP contribution in [0.5, 0.6) is 0 Å². The van der Waals surface area contributed by atoms with Gasteiger partial charge in [-0.1, -0.05) is 158 Å². The van der Waals surface area contributed by atoms with Crippen LogP contribution in [0.15, 0.2) is 188 Å². The molecule has 1 atom stereocenters. The molecule has 9 aromatic rings. The molecule has 0 fully saturated rings. The van der Waals surface area contributed by atoms with Gasteiger partial charge in [0.2, 0.25) is 0 Å². The Kier molecular flexibility index (Phi) is 7.52. The van der Waals surface area contributed by atoms with Crippen LogP contribution in [0.4, 0.5) is 0 Å². The Morgan fingerprint density at radius 2 is 0.895 bits per heavy atom. The molecule has 0 aliphatic heterocycles. The van der Waals surface area contributed by atoms with E-state index in [-0.39, 0.29) is 0 Å². The lowest BCUT2D eigenvalue weighted by atomic mass is 9.70. The average molecular weight is 728 g/mol. The Bertz CT molecular complexity index is 2960. The number of nitrogens with zero attached hydrogens (tertiary/aromatic N) is 3. The van der Waals surface area contributed by atoms with E-state index in [0.717, 1.165) is 28.1 Å². The summed E-state index contributed by atoms with van der Waals surface area (Å²) in [6.07, 6.45) is 3.93. The van der Waals surface area contributed by atoms with E-state index in [9.17, 15) is 0 Å². The maximum Gasteiger partial charge on any atom is 0.160 e. The minimum absolute atomic E-state index is 0.474. The Morgan fingerprint density at radius 3 is 1.65 bits per heavy atom. The summed E-state index contributed by atoms with van der Waals surface area (Å²) in [5.74, 6) is 0.717. The topological polar surface area (TPSA) is 38.7 Å². The maximum atomic E-state index is 5.21. The van der Waals surface area contributed by atoms with Crippen molar-refractivity contribution < 1.29 is 0 Å². The fourth-order valence-electron chi connectivity index (χ4n) is 9.66. The Balaban J connectivity index is 1.12. The number of hydrogen-bond acceptors (Lipinski definition) is 3. The number of aromatic nitrogens is 3. The van der Waals surface area contributed by atoms with E-state index < -0.39 is 5.41 Å². The van der Waals surface area contributed by atoms with Crippen molar-refractivity contribution in [2.24, 2.45) is 0 Å². The van der Waals surface area contributed by atoms with Gasteiger partial charge in [-0.15, -0.1) is 0 Å². The molecule has 2 aliphatic rings. The van der Waals surface area contributed by atoms with Crippen molar-refractivity contribution in [1.29, 1.82) is 0 Å². The van der Waals surface area contributed by atoms with Gasteiger partial charge in [-0.25, -0.2) is 9.97 Å². The smallest absolute Gasteiger partial charge is 0.160 e. The fraction of sp³-hybridized carbons (Fsp3) is 0.0556. The molecular weight excluding hydrogens is 691 g/mol. The van der Waals surface area contributed by atoms with Gasteiger partial charge in [0.05, 0.1) is 16.8 Å². The van der Waals surface area contributed by atoms with E-state index in [2.05, 4.69) is 170 Å². The number of hydrogen-bond donors (Lipinski definition) is 0. The molecule has 2 aliphatic carbocycles. The Hall–Kier alpha value is -7.23. The lowest BCUT2D eigenvalue weighted by Gasteiger charge is -2.30. The first-order chi connectivity index (χ1) is 28.1. The van der Waals surface area contributed by atoms with Crippen LogP contribution < -0.4 is 0 Å². The molecule has 57 heavy (non-hydrogen) atoms. The van der Waals surface area contributed by atoms with Crippen LogP contribution in [0, 0.1) is 13.8 Å². The number of benzene rings is 7. The summed E-state index contributed by atoms with van der Waals surface area (Å²) >= 11 is 0. The molecule has 0 N–H and O–H groups in total. The highest BCUT2D eigenvalue weighted by Crippen LogP contribution is 2.64. The van der Waals surface area contributed by atoms with E-state index in [0.29, 0.717) is 5.82 Å². The van der Waals surface area contributed by atoms with Gasteiger partial charge in [-0.05, 0) is 110 Å². The molecular formula is C54H37N3. The third-order valence-corrected chi connectivity index (χ3v) is 12.0. The molecule has 2 aromatic heterocycles. The summed E-state index contributed by atoms with van der Waals surface area (Å²) in [4.78, 5) is 14.7. The van der Waals surface area contributed by atoms with Gasteiger partial charge in [0, 0.05) is 29.1 Å². The minimum Gasteiger partial charge on any atom is -0.264 e. The third kappa shape index (κ3) is 5.02. The first kappa shape index (κ1) is 33.1. The molecule has 3 nitrogen and oxygen atoms in total. The summed E-state index contributed by atoms with van der Waals surface area (Å²) < 4.78 is 0. The zero-order valence-electron chi connectivity index (χ0n) is 31.7. The van der Waals surface area contributed by atoms with Crippen molar-refractivity contribution >= 4 is 0 Å². The Labute approximate surface area is 333 Å². The van der Waals surface area contributed by atoms with Crippen molar-refractivity contribution in [2.75, 3.05) is 0 Å². The number of aryl methyl sites for hydroxylation is 2. The van der Waals surface area contributed by atoms with Crippen LogP contribution in [-0.2, 0) is 5.41 Å². The fourth-order valence-corrected chi connectivity index (χ4v) is 9.66. The molecule has 1 unspecified atom stereocenters. The maximum absolute atomic E-state index is 5.21. The van der Waals surface area contributed by atoms with Crippen LogP contribution >= 0.6 is 0 Å². The zero-order valence-corrected chi connectivity index (χ0v) is 31.7. The number of pyridine rings is 1. The normalized spacial score (nSPS) is 14.6. The first-order valence-corrected chi connectivity index (χ1v) is 19.6. The molecule has 0 bridgehead atoms. The molecule has 268 valence electrons. The molecule has 7 aromatic carbocycles. The van der Waals surface area contributed by atoms with Gasteiger partial charge < -0.3 is 0 Å². The van der Waals surface area contributed by atoms with Crippen molar-refractivity contribution in [3.63, 3.8) is 0 Å². The summed E-state index contributed by atoms with van der Waals surface area (Å²) in [7, 11) is 0. The largest absolute Gasteiger partial charge is 0.264 e. The zero-order chi connectivity index (χ0) is 38.1. The molecule has 0 saturated carbocycles. The number of fused-ring (bicyclic) bond motifs is 10. The van der Waals surface area contributed by atoms with E-state index in [1.807, 2.05) is 36.7 Å². The Morgan fingerprint density at radius 1 is 0.351 bits per heavy atom. The molecule has 0 saturated heterocycles. The summed E-state index contributed by atoms with van der Waals surface area (Å²) in [5.41, 5.74) is 22.1. The van der Waals surface area contributed by atoms with Gasteiger partial charge in [0.1, 0.15) is 0 Å². The van der Waals surface area contributed by atoms with Gasteiger partial charge in [0.15, 0.2) is 5.82 Å². The van der Waals surface area contributed by atoms with E-state index in [1.165, 1.54) is 77.9 Å². The molecule has 1 spiro atoms. The lowest BCUT2D eigenvalue weighted by Crippen LogP contribution is -2.25. The lowest BCUT2D eigenvalue weighted by molar-refractivity contribution is 0.794. The van der Waals surface area contributed by atoms with Crippen LogP contribution in [-0.4, -0.2) is 15.0 Å². The molecule has 0 radical (unpaired) electrons. The van der Waals surface area contributed by atoms with Crippen LogP contribution in [0.25, 0.3) is 78.4 Å². The second-order valence-electron chi connectivity index (χ2n) is 15.3. The van der Waals surface area contributed by atoms with Crippen molar-refractivity contribution in [1.82, 2.24) is 15.0 Å². The van der Waals surface area contributed by atoms with Crippen LogP contribution in [0.2, 0.25) is 0 Å². The minimum atomic E-state index is -0.474. The van der Waals surface area contributed by atoms with Gasteiger partial charge in [0.25, 0.3) is 0 Å². The van der Waals surface area contributed by atoms with Crippen molar-refractivity contribution in [3.05, 3.63) is 222 Å². The summed E-state index contributed by atoms with van der Waals surface area (Å²) in [6.45, 7) is 4.30. The van der Waals surface area contributed by atoms with Crippen LogP contribution in [0.3, 0.4) is 0 Å². The quantitative estimate of drug-likeness (QED) is 0.177. The number of rotatable bonds is 5. The van der Waals surface area contributed by atoms with Gasteiger partial charge in [-0.2, -0.15) is 0 Å². The van der Waals surface area contributed by atoms with E-state index in [4.69, 9.17) is 9.97 Å². The molecule has 11 rings (SSSR count). The van der Waals surface area contributed by atoms with E-state index >= 15 is 0 Å². The third-order valence-electron chi connectivity index (χ3n) is 12.0. The van der Waals surface area contributed by atoms with Gasteiger partial charge >= 0.3 is 0 Å². The van der Waals surface area contributed by atoms with Gasteiger partial charge in [-0.3, -0.25) is 4.98 Å². The molecule has 3 heteroatoms. The molecule has 0 amide bonds. The SMILES string of the molecule is Cc1cncc(C)c1-c1cccc(-c2cccc3c2-c2ccccc2C32c3ccccc3-c3cc(-c4cc(-c5ccccc5)nc(-c5ccccc5)n4)ccc32)c1. The van der Waals surface area contributed by atoms with Crippen molar-refractivity contribution in [2.45, 2.75) is 19.3 Å². The highest BCUT2D eigenvalue weighted by molar-refractivity contribution is 6.00. The first-order valence-electron chi connectivity index (χ1n) is 19.6. The van der Waals surface area contributed by atoms with Crippen molar-refractivity contribution in [3.8, 4) is 78.4 Å². The monoisotopic (exact) mass is 727 g/mol. The second kappa shape index (κ2) is 12.9. The highest BCUT2D eigenvalue weighted by atomic mass is 14.9. The van der Waals surface area contributed by atoms with E-state index in [1.54, 1.807) is 0 Å². The second-order valence-corrected chi connectivity index (χ2v) is 15.3. The predicted molar refractivity (Wildman–Crippen MR) is 233 cm³/mol. The highest BCUT2D eigenvalue weighted by Gasteiger charge is 2.52. The summed E-state index contributed by atoms with van der Waals surface area (Å²) in [5, 5.41) is 0. The predicted octanol–water partition coefficient (Wildman–Crippen LogP) is 13.2. The standard InChI is InChI=1S/C54H37N3/c1-34-32-55-33-35(2)51(34)40-20-13-19-38(29-40)41-23-14-26-48-52(41)43-22-10-12-25-46(43)54(48)45-24-11-9-21-42(45)44-30-39(27-28-47(44)54)50-31-49(36-15-5-3-6-16-36)56-53(57-50)37-17-7-4-8-18-37/h3-33H,1-2H3. The average Bonchev–Trinajstić information content (AvgIpc) is 3.74. The van der Waals surface area contributed by atoms with Crippen LogP contribution in [0.1, 0.15) is 33.4 Å². The molecule has 2 heterocycles. The summed E-state index contributed by atoms with van der Waals surface area (Å²) in [6, 6.07) is 63.8.